The van der Waals surface area contributed by atoms with E-state index in [2.05, 4.69) is 4.90 Å². The van der Waals surface area contributed by atoms with Gasteiger partial charge in [0, 0.05) is 31.8 Å². The highest BCUT2D eigenvalue weighted by atomic mass is 19.1. The topological polar surface area (TPSA) is 38.5 Å². The normalized spacial score (nSPS) is 22.4. The number of ether oxygens (including phenoxy) is 1. The van der Waals surface area contributed by atoms with Crippen molar-refractivity contribution in [3.05, 3.63) is 35.6 Å². The van der Waals surface area contributed by atoms with Gasteiger partial charge < -0.3 is 15.4 Å². The first-order chi connectivity index (χ1) is 9.20. The second kappa shape index (κ2) is 6.98. The van der Waals surface area contributed by atoms with Crippen LogP contribution in [0.1, 0.15) is 30.9 Å². The average Bonchev–Trinajstić information content (AvgIpc) is 2.45. The molecule has 1 aromatic rings. The molecule has 1 saturated heterocycles. The Bertz CT molecular complexity index is 399. The van der Waals surface area contributed by atoms with Gasteiger partial charge in [-0.3, -0.25) is 0 Å². The molecular weight excluding hydrogens is 243 g/mol. The van der Waals surface area contributed by atoms with Gasteiger partial charge in [-0.05, 0) is 31.9 Å². The molecule has 2 N–H and O–H groups in total. The van der Waals surface area contributed by atoms with Crippen molar-refractivity contribution in [3.63, 3.8) is 0 Å². The number of rotatable bonds is 5. The average molecular weight is 266 g/mol. The van der Waals surface area contributed by atoms with Crippen LogP contribution in [0.15, 0.2) is 24.3 Å². The van der Waals surface area contributed by atoms with Crippen LogP contribution in [0.3, 0.4) is 0 Å². The molecule has 1 fully saturated rings. The zero-order valence-corrected chi connectivity index (χ0v) is 11.5. The second-order valence-electron chi connectivity index (χ2n) is 5.22. The maximum Gasteiger partial charge on any atom is 0.127 e. The van der Waals surface area contributed by atoms with Gasteiger partial charge in [-0.1, -0.05) is 18.2 Å². The lowest BCUT2D eigenvalue weighted by atomic mass is 10.0. The molecule has 4 heteroatoms. The number of methoxy groups -OCH3 is 1. The summed E-state index contributed by atoms with van der Waals surface area (Å²) in [6.07, 6.45) is 3.40. The first kappa shape index (κ1) is 14.4. The summed E-state index contributed by atoms with van der Waals surface area (Å²) < 4.78 is 19.0. The quantitative estimate of drug-likeness (QED) is 0.889. The van der Waals surface area contributed by atoms with Gasteiger partial charge in [0.2, 0.25) is 0 Å². The van der Waals surface area contributed by atoms with Crippen molar-refractivity contribution in [1.29, 1.82) is 0 Å². The molecule has 1 aliphatic heterocycles. The van der Waals surface area contributed by atoms with Crippen LogP contribution >= 0.6 is 0 Å². The van der Waals surface area contributed by atoms with E-state index in [9.17, 15) is 4.39 Å². The Labute approximate surface area is 114 Å². The molecule has 19 heavy (non-hydrogen) atoms. The zero-order valence-electron chi connectivity index (χ0n) is 11.5. The molecule has 0 saturated carbocycles. The molecule has 0 aliphatic carbocycles. The standard InChI is InChI=1S/C15H23FN2O/c1-19-12-5-4-9-18(11-12)10-8-15(17)13-6-2-3-7-14(13)16/h2-3,6-7,12,15H,4-5,8-11,17H2,1H3. The Morgan fingerprint density at radius 3 is 3.00 bits per heavy atom. The van der Waals surface area contributed by atoms with Crippen molar-refractivity contribution in [1.82, 2.24) is 4.90 Å². The van der Waals surface area contributed by atoms with Crippen LogP contribution in [-0.4, -0.2) is 37.7 Å². The fourth-order valence-electron chi connectivity index (χ4n) is 2.66. The molecule has 2 rings (SSSR count). The molecule has 1 aliphatic rings. The molecule has 0 amide bonds. The van der Waals surface area contributed by atoms with Gasteiger partial charge in [0.25, 0.3) is 0 Å². The highest BCUT2D eigenvalue weighted by molar-refractivity contribution is 5.20. The van der Waals surface area contributed by atoms with Crippen molar-refractivity contribution in [2.75, 3.05) is 26.7 Å². The van der Waals surface area contributed by atoms with Gasteiger partial charge in [0.15, 0.2) is 0 Å². The SMILES string of the molecule is COC1CCCN(CCC(N)c2ccccc2F)C1. The molecule has 0 bridgehead atoms. The van der Waals surface area contributed by atoms with Crippen LogP contribution < -0.4 is 5.73 Å². The van der Waals surface area contributed by atoms with Crippen LogP contribution in [0, 0.1) is 5.82 Å². The maximum absolute atomic E-state index is 13.6. The van der Waals surface area contributed by atoms with Gasteiger partial charge in [0.1, 0.15) is 5.82 Å². The summed E-state index contributed by atoms with van der Waals surface area (Å²) >= 11 is 0. The number of nitrogens with two attached hydrogens (primary N) is 1. The monoisotopic (exact) mass is 266 g/mol. The van der Waals surface area contributed by atoms with Gasteiger partial charge >= 0.3 is 0 Å². The highest BCUT2D eigenvalue weighted by Crippen LogP contribution is 2.19. The van der Waals surface area contributed by atoms with Gasteiger partial charge in [-0.15, -0.1) is 0 Å². The molecule has 1 heterocycles. The van der Waals surface area contributed by atoms with Crippen molar-refractivity contribution in [2.24, 2.45) is 5.73 Å². The summed E-state index contributed by atoms with van der Waals surface area (Å²) in [5, 5.41) is 0. The van der Waals surface area contributed by atoms with Crippen LogP contribution in [-0.2, 0) is 4.74 Å². The van der Waals surface area contributed by atoms with E-state index in [1.165, 1.54) is 6.07 Å². The first-order valence-electron chi connectivity index (χ1n) is 6.96. The first-order valence-corrected chi connectivity index (χ1v) is 6.96. The van der Waals surface area contributed by atoms with E-state index in [4.69, 9.17) is 10.5 Å². The lowest BCUT2D eigenvalue weighted by Gasteiger charge is -2.32. The largest absolute Gasteiger partial charge is 0.380 e. The van der Waals surface area contributed by atoms with E-state index in [1.54, 1.807) is 19.2 Å². The van der Waals surface area contributed by atoms with E-state index in [-0.39, 0.29) is 11.9 Å². The summed E-state index contributed by atoms with van der Waals surface area (Å²) in [4.78, 5) is 2.36. The van der Waals surface area contributed by atoms with Crippen molar-refractivity contribution >= 4 is 0 Å². The van der Waals surface area contributed by atoms with E-state index in [0.29, 0.717) is 11.7 Å². The van der Waals surface area contributed by atoms with E-state index >= 15 is 0 Å². The maximum atomic E-state index is 13.6. The van der Waals surface area contributed by atoms with Crippen molar-refractivity contribution in [3.8, 4) is 0 Å². The molecule has 0 radical (unpaired) electrons. The van der Waals surface area contributed by atoms with Crippen molar-refractivity contribution in [2.45, 2.75) is 31.4 Å². The number of piperidine rings is 1. The summed E-state index contributed by atoms with van der Waals surface area (Å²) in [6, 6.07) is 6.54. The molecular formula is C15H23FN2O. The van der Waals surface area contributed by atoms with E-state index in [1.807, 2.05) is 6.07 Å². The number of halogens is 1. The number of hydrogen-bond acceptors (Lipinski definition) is 3. The fraction of sp³-hybridized carbons (Fsp3) is 0.600. The number of nitrogens with zero attached hydrogens (tertiary/aromatic N) is 1. The molecule has 1 aromatic carbocycles. The summed E-state index contributed by atoms with van der Waals surface area (Å²) in [7, 11) is 1.76. The summed E-state index contributed by atoms with van der Waals surface area (Å²) in [5.41, 5.74) is 6.70. The third-order valence-corrected chi connectivity index (χ3v) is 3.86. The Hall–Kier alpha value is -0.970. The van der Waals surface area contributed by atoms with E-state index in [0.717, 1.165) is 38.9 Å². The molecule has 106 valence electrons. The van der Waals surface area contributed by atoms with E-state index < -0.39 is 0 Å². The predicted octanol–water partition coefficient (Wildman–Crippen LogP) is 2.33. The Morgan fingerprint density at radius 2 is 2.26 bits per heavy atom. The molecule has 0 aromatic heterocycles. The van der Waals surface area contributed by atoms with Gasteiger partial charge in [0.05, 0.1) is 6.10 Å². The Kier molecular flexibility index (Phi) is 5.31. The minimum Gasteiger partial charge on any atom is -0.380 e. The van der Waals surface area contributed by atoms with Crippen LogP contribution in [0.25, 0.3) is 0 Å². The smallest absolute Gasteiger partial charge is 0.127 e. The minimum absolute atomic E-state index is 0.205. The Balaban J connectivity index is 1.83. The van der Waals surface area contributed by atoms with Crippen LogP contribution in [0.5, 0.6) is 0 Å². The zero-order chi connectivity index (χ0) is 13.7. The molecule has 3 nitrogen and oxygen atoms in total. The number of likely N-dealkylation sites (tertiary alicyclic amines) is 1. The summed E-state index contributed by atoms with van der Waals surface area (Å²) in [5.74, 6) is -0.205. The lowest BCUT2D eigenvalue weighted by Crippen LogP contribution is -2.40. The molecule has 2 atom stereocenters. The molecule has 2 unspecified atom stereocenters. The second-order valence-corrected chi connectivity index (χ2v) is 5.22. The minimum atomic E-state index is -0.232. The van der Waals surface area contributed by atoms with Crippen LogP contribution in [0.2, 0.25) is 0 Å². The number of benzene rings is 1. The predicted molar refractivity (Wildman–Crippen MR) is 74.4 cm³/mol. The fourth-order valence-corrected chi connectivity index (χ4v) is 2.66. The lowest BCUT2D eigenvalue weighted by molar-refractivity contribution is 0.0304. The third-order valence-electron chi connectivity index (χ3n) is 3.86. The van der Waals surface area contributed by atoms with Gasteiger partial charge in [-0.25, -0.2) is 4.39 Å². The van der Waals surface area contributed by atoms with Crippen molar-refractivity contribution < 1.29 is 9.13 Å². The van der Waals surface area contributed by atoms with Crippen LogP contribution in [0.4, 0.5) is 4.39 Å². The third kappa shape index (κ3) is 4.00. The summed E-state index contributed by atoms with van der Waals surface area (Å²) in [6.45, 7) is 2.94. The Morgan fingerprint density at radius 1 is 1.47 bits per heavy atom. The van der Waals surface area contributed by atoms with Gasteiger partial charge in [-0.2, -0.15) is 0 Å². The number of hydrogen-bond donors (Lipinski definition) is 1. The molecule has 0 spiro atoms. The highest BCUT2D eigenvalue weighted by Gasteiger charge is 2.20.